The molecule has 0 saturated carbocycles. The zero-order valence-corrected chi connectivity index (χ0v) is 19.1. The third-order valence-corrected chi connectivity index (χ3v) is 5.29. The van der Waals surface area contributed by atoms with Crippen molar-refractivity contribution in [2.24, 2.45) is 0 Å². The first-order valence-electron chi connectivity index (χ1n) is 11.0. The molecule has 0 spiro atoms. The fourth-order valence-electron chi connectivity index (χ4n) is 3.80. The van der Waals surface area contributed by atoms with Gasteiger partial charge in [-0.15, -0.1) is 0 Å². The molecule has 7 heteroatoms. The largest absolute Gasteiger partial charge is 0.350 e. The van der Waals surface area contributed by atoms with E-state index < -0.39 is 23.3 Å². The van der Waals surface area contributed by atoms with Crippen LogP contribution in [0.2, 0.25) is 0 Å². The maximum atomic E-state index is 13.1. The summed E-state index contributed by atoms with van der Waals surface area (Å²) < 4.78 is 0. The summed E-state index contributed by atoms with van der Waals surface area (Å²) in [6.07, 6.45) is 2.95. The van der Waals surface area contributed by atoms with Crippen molar-refractivity contribution in [1.82, 2.24) is 15.1 Å². The van der Waals surface area contributed by atoms with Crippen LogP contribution in [-0.4, -0.2) is 64.5 Å². The highest BCUT2D eigenvalue weighted by atomic mass is 16.2. The van der Waals surface area contributed by atoms with E-state index in [9.17, 15) is 19.2 Å². The van der Waals surface area contributed by atoms with Crippen molar-refractivity contribution in [2.45, 2.75) is 71.4 Å². The Balaban J connectivity index is 2.18. The molecule has 1 aliphatic heterocycles. The average Bonchev–Trinajstić information content (AvgIpc) is 3.10. The van der Waals surface area contributed by atoms with E-state index in [2.05, 4.69) is 5.32 Å². The van der Waals surface area contributed by atoms with Crippen molar-refractivity contribution in [2.75, 3.05) is 19.6 Å². The summed E-state index contributed by atoms with van der Waals surface area (Å²) in [6, 6.07) is 9.00. The van der Waals surface area contributed by atoms with Gasteiger partial charge in [-0.1, -0.05) is 30.3 Å². The number of carbonyl (C=O) groups excluding carboxylic acids is 4. The Morgan fingerprint density at radius 1 is 1.16 bits per heavy atom. The first-order chi connectivity index (χ1) is 14.6. The van der Waals surface area contributed by atoms with E-state index in [-0.39, 0.29) is 18.4 Å². The highest BCUT2D eigenvalue weighted by Gasteiger charge is 2.33. The van der Waals surface area contributed by atoms with Crippen molar-refractivity contribution in [1.29, 1.82) is 0 Å². The van der Waals surface area contributed by atoms with Crippen LogP contribution >= 0.6 is 0 Å². The minimum absolute atomic E-state index is 0.121. The summed E-state index contributed by atoms with van der Waals surface area (Å²) in [5.74, 6) is -1.40. The van der Waals surface area contributed by atoms with Crippen molar-refractivity contribution in [3.8, 4) is 0 Å². The Kier molecular flexibility index (Phi) is 8.77. The summed E-state index contributed by atoms with van der Waals surface area (Å²) in [5.41, 5.74) is 0.601. The molecule has 1 aromatic carbocycles. The molecule has 1 fully saturated rings. The molecule has 1 aliphatic rings. The van der Waals surface area contributed by atoms with Crippen LogP contribution in [0.25, 0.3) is 0 Å². The van der Waals surface area contributed by atoms with Gasteiger partial charge in [-0.25, -0.2) is 0 Å². The number of ketones is 1. The van der Waals surface area contributed by atoms with Crippen molar-refractivity contribution in [3.05, 3.63) is 35.9 Å². The van der Waals surface area contributed by atoms with Crippen LogP contribution in [0, 0.1) is 0 Å². The van der Waals surface area contributed by atoms with E-state index in [1.807, 2.05) is 51.1 Å². The summed E-state index contributed by atoms with van der Waals surface area (Å²) in [5, 5.41) is 2.96. The number of hydrogen-bond donors (Lipinski definition) is 1. The smallest absolute Gasteiger partial charge is 0.290 e. The second-order valence-corrected chi connectivity index (χ2v) is 9.17. The van der Waals surface area contributed by atoms with Gasteiger partial charge in [0.1, 0.15) is 6.04 Å². The lowest BCUT2D eigenvalue weighted by molar-refractivity contribution is -0.148. The predicted molar refractivity (Wildman–Crippen MR) is 119 cm³/mol. The lowest BCUT2D eigenvalue weighted by Gasteiger charge is -2.33. The molecular formula is C24H35N3O4. The van der Waals surface area contributed by atoms with Gasteiger partial charge in [0.25, 0.3) is 5.91 Å². The zero-order chi connectivity index (χ0) is 23.0. The third-order valence-electron chi connectivity index (χ3n) is 5.29. The Hall–Kier alpha value is -2.70. The molecule has 2 rings (SSSR count). The number of Topliss-reactive ketones (excluding diaryl/α,β-unsaturated/α-hetero) is 1. The molecule has 0 bridgehead atoms. The number of rotatable bonds is 10. The van der Waals surface area contributed by atoms with E-state index in [0.29, 0.717) is 32.2 Å². The Labute approximate surface area is 185 Å². The van der Waals surface area contributed by atoms with E-state index in [1.165, 1.54) is 11.8 Å². The Bertz CT molecular complexity index is 786. The summed E-state index contributed by atoms with van der Waals surface area (Å²) in [6.45, 7) is 8.38. The van der Waals surface area contributed by atoms with Crippen LogP contribution in [0.3, 0.4) is 0 Å². The van der Waals surface area contributed by atoms with Crippen LogP contribution in [0.1, 0.15) is 58.9 Å². The maximum Gasteiger partial charge on any atom is 0.290 e. The molecule has 1 heterocycles. The second kappa shape index (κ2) is 11.1. The van der Waals surface area contributed by atoms with Crippen LogP contribution in [0.4, 0.5) is 0 Å². The molecule has 170 valence electrons. The van der Waals surface area contributed by atoms with Crippen molar-refractivity contribution < 1.29 is 19.2 Å². The number of nitrogens with zero attached hydrogens (tertiary/aromatic N) is 2. The van der Waals surface area contributed by atoms with Crippen molar-refractivity contribution >= 4 is 23.5 Å². The molecule has 1 atom stereocenters. The summed E-state index contributed by atoms with van der Waals surface area (Å²) in [4.78, 5) is 52.9. The normalized spacial score (nSPS) is 15.0. The first kappa shape index (κ1) is 24.6. The number of nitrogens with one attached hydrogen (secondary N) is 1. The molecule has 7 nitrogen and oxygen atoms in total. The SMILES string of the molecule is CC(=O)C(=O)N(CCCN1CCCC1=O)C(CCc1ccccc1)C(=O)NC(C)(C)C. The second-order valence-electron chi connectivity index (χ2n) is 9.17. The predicted octanol–water partition coefficient (Wildman–Crippen LogP) is 2.33. The molecule has 31 heavy (non-hydrogen) atoms. The molecule has 1 aromatic rings. The minimum Gasteiger partial charge on any atom is -0.350 e. The van der Waals surface area contributed by atoms with Gasteiger partial charge in [0.05, 0.1) is 0 Å². The molecule has 0 aliphatic carbocycles. The van der Waals surface area contributed by atoms with E-state index >= 15 is 0 Å². The molecule has 1 N–H and O–H groups in total. The van der Waals surface area contributed by atoms with Gasteiger partial charge in [-0.3, -0.25) is 19.2 Å². The Morgan fingerprint density at radius 2 is 1.84 bits per heavy atom. The molecule has 1 unspecified atom stereocenters. The van der Waals surface area contributed by atoms with Crippen LogP contribution in [0.5, 0.6) is 0 Å². The van der Waals surface area contributed by atoms with Crippen LogP contribution in [0.15, 0.2) is 30.3 Å². The zero-order valence-electron chi connectivity index (χ0n) is 19.1. The van der Waals surface area contributed by atoms with E-state index in [0.717, 1.165) is 18.5 Å². The lowest BCUT2D eigenvalue weighted by atomic mass is 10.0. The number of amides is 3. The lowest BCUT2D eigenvalue weighted by Crippen LogP contribution is -2.55. The monoisotopic (exact) mass is 429 g/mol. The highest BCUT2D eigenvalue weighted by Crippen LogP contribution is 2.16. The molecule has 3 amide bonds. The van der Waals surface area contributed by atoms with Crippen LogP contribution in [-0.2, 0) is 25.6 Å². The van der Waals surface area contributed by atoms with Gasteiger partial charge in [-0.05, 0) is 52.0 Å². The fourth-order valence-corrected chi connectivity index (χ4v) is 3.80. The average molecular weight is 430 g/mol. The number of hydrogen-bond acceptors (Lipinski definition) is 4. The molecular weight excluding hydrogens is 394 g/mol. The number of likely N-dealkylation sites (tertiary alicyclic amines) is 1. The van der Waals surface area contributed by atoms with Crippen molar-refractivity contribution in [3.63, 3.8) is 0 Å². The number of aryl methyl sites for hydroxylation is 1. The van der Waals surface area contributed by atoms with E-state index in [1.54, 1.807) is 4.90 Å². The van der Waals surface area contributed by atoms with E-state index in [4.69, 9.17) is 0 Å². The molecule has 0 aromatic heterocycles. The summed E-state index contributed by atoms with van der Waals surface area (Å²) >= 11 is 0. The maximum absolute atomic E-state index is 13.1. The third kappa shape index (κ3) is 7.81. The Morgan fingerprint density at radius 3 is 2.39 bits per heavy atom. The highest BCUT2D eigenvalue weighted by molar-refractivity contribution is 6.35. The van der Waals surface area contributed by atoms with Gasteiger partial charge in [0.2, 0.25) is 17.6 Å². The standard InChI is InChI=1S/C24H35N3O4/c1-18(28)23(31)27(17-9-16-26-15-8-12-21(26)29)20(22(30)25-24(2,3)4)14-13-19-10-6-5-7-11-19/h5-7,10-11,20H,8-9,12-17H2,1-4H3,(H,25,30). The van der Waals surface area contributed by atoms with Crippen LogP contribution < -0.4 is 5.32 Å². The fraction of sp³-hybridized carbons (Fsp3) is 0.583. The van der Waals surface area contributed by atoms with Gasteiger partial charge in [0, 0.05) is 38.5 Å². The van der Waals surface area contributed by atoms with Gasteiger partial charge in [0.15, 0.2) is 0 Å². The van der Waals surface area contributed by atoms with Gasteiger partial charge < -0.3 is 15.1 Å². The number of benzene rings is 1. The minimum atomic E-state index is -0.759. The topological polar surface area (TPSA) is 86.8 Å². The quantitative estimate of drug-likeness (QED) is 0.579. The molecule has 0 radical (unpaired) electrons. The first-order valence-corrected chi connectivity index (χ1v) is 11.0. The summed E-state index contributed by atoms with van der Waals surface area (Å²) in [7, 11) is 0. The van der Waals surface area contributed by atoms with Gasteiger partial charge >= 0.3 is 0 Å². The molecule has 1 saturated heterocycles. The number of carbonyl (C=O) groups is 4. The van der Waals surface area contributed by atoms with Gasteiger partial charge in [-0.2, -0.15) is 0 Å².